The van der Waals surface area contributed by atoms with Gasteiger partial charge in [0.1, 0.15) is 5.82 Å². The van der Waals surface area contributed by atoms with Gasteiger partial charge in [0.15, 0.2) is 0 Å². The van der Waals surface area contributed by atoms with Crippen LogP contribution in [-0.2, 0) is 11.3 Å². The van der Waals surface area contributed by atoms with E-state index in [-0.39, 0.29) is 11.8 Å². The molecule has 0 N–H and O–H groups in total. The monoisotopic (exact) mass is 367 g/mol. The van der Waals surface area contributed by atoms with Gasteiger partial charge >= 0.3 is 0 Å². The molecule has 1 amide bonds. The van der Waals surface area contributed by atoms with Crippen LogP contribution in [0.15, 0.2) is 48.5 Å². The minimum Gasteiger partial charge on any atom is -0.328 e. The molecule has 0 aliphatic carbocycles. The highest BCUT2D eigenvalue weighted by Crippen LogP contribution is 2.36. The number of anilines is 1. The molecule has 1 fully saturated rings. The van der Waals surface area contributed by atoms with Gasteiger partial charge in [0.2, 0.25) is 5.91 Å². The van der Waals surface area contributed by atoms with E-state index in [0.29, 0.717) is 18.0 Å². The lowest BCUT2D eigenvalue weighted by Crippen LogP contribution is -2.24. The molecule has 2 aromatic carbocycles. The summed E-state index contributed by atoms with van der Waals surface area (Å²) in [6, 6.07) is 15.8. The van der Waals surface area contributed by atoms with Gasteiger partial charge in [0.05, 0.1) is 21.7 Å². The van der Waals surface area contributed by atoms with Crippen molar-refractivity contribution in [2.24, 2.45) is 0 Å². The summed E-state index contributed by atoms with van der Waals surface area (Å²) in [6.07, 6.45) is 2.70. The predicted octanol–water partition coefficient (Wildman–Crippen LogP) is 5.01. The van der Waals surface area contributed by atoms with Crippen LogP contribution in [0.5, 0.6) is 0 Å². The third-order valence-electron chi connectivity index (χ3n) is 5.05. The third-order valence-corrected chi connectivity index (χ3v) is 5.37. The molecule has 0 saturated carbocycles. The maximum absolute atomic E-state index is 12.7. The second-order valence-electron chi connectivity index (χ2n) is 6.82. The number of fused-ring (bicyclic) bond motifs is 1. The first-order chi connectivity index (χ1) is 12.7. The van der Waals surface area contributed by atoms with Crippen molar-refractivity contribution in [2.75, 3.05) is 11.4 Å². The Morgan fingerprint density at radius 2 is 1.92 bits per heavy atom. The molecule has 5 heteroatoms. The molecule has 4 rings (SSSR count). The van der Waals surface area contributed by atoms with Gasteiger partial charge in [-0.15, -0.1) is 0 Å². The van der Waals surface area contributed by atoms with E-state index < -0.39 is 0 Å². The van der Waals surface area contributed by atoms with E-state index >= 15 is 0 Å². The van der Waals surface area contributed by atoms with E-state index in [1.54, 1.807) is 4.90 Å². The number of benzene rings is 2. The van der Waals surface area contributed by atoms with E-state index in [1.807, 2.05) is 42.5 Å². The highest BCUT2D eigenvalue weighted by atomic mass is 35.5. The molecule has 1 saturated heterocycles. The summed E-state index contributed by atoms with van der Waals surface area (Å²) in [5.74, 6) is 1.21. The van der Waals surface area contributed by atoms with Crippen LogP contribution in [0.1, 0.15) is 37.9 Å². The smallest absolute Gasteiger partial charge is 0.227 e. The van der Waals surface area contributed by atoms with Crippen LogP contribution in [-0.4, -0.2) is 22.0 Å². The Hall–Kier alpha value is -2.33. The van der Waals surface area contributed by atoms with Gasteiger partial charge in [-0.3, -0.25) is 4.79 Å². The fourth-order valence-electron chi connectivity index (χ4n) is 3.74. The van der Waals surface area contributed by atoms with Gasteiger partial charge in [-0.2, -0.15) is 0 Å². The molecule has 0 radical (unpaired) electrons. The van der Waals surface area contributed by atoms with Crippen molar-refractivity contribution in [3.05, 3.63) is 59.4 Å². The molecule has 0 unspecified atom stereocenters. The van der Waals surface area contributed by atoms with Crippen molar-refractivity contribution in [1.82, 2.24) is 9.55 Å². The normalized spacial score (nSPS) is 17.4. The summed E-state index contributed by atoms with van der Waals surface area (Å²) >= 11 is 6.31. The zero-order valence-electron chi connectivity index (χ0n) is 14.9. The molecule has 1 aromatic heterocycles. The number of unbranched alkanes of at least 4 members (excludes halogenated alkanes) is 1. The number of rotatable bonds is 5. The average molecular weight is 368 g/mol. The van der Waals surface area contributed by atoms with Crippen molar-refractivity contribution in [1.29, 1.82) is 0 Å². The van der Waals surface area contributed by atoms with Gasteiger partial charge in [-0.05, 0) is 30.7 Å². The van der Waals surface area contributed by atoms with Gasteiger partial charge in [-0.25, -0.2) is 4.98 Å². The number of hydrogen-bond acceptors (Lipinski definition) is 2. The van der Waals surface area contributed by atoms with Crippen LogP contribution < -0.4 is 4.90 Å². The Morgan fingerprint density at radius 1 is 1.15 bits per heavy atom. The SMILES string of the molecule is CCCCn1c([C@H]2CC(=O)N(c3ccccc3Cl)C2)nc2ccccc21. The minimum atomic E-state index is 0.0861. The summed E-state index contributed by atoms with van der Waals surface area (Å²) in [7, 11) is 0. The highest BCUT2D eigenvalue weighted by molar-refractivity contribution is 6.33. The first-order valence-electron chi connectivity index (χ1n) is 9.19. The third kappa shape index (κ3) is 2.99. The maximum atomic E-state index is 12.7. The van der Waals surface area contributed by atoms with Gasteiger partial charge < -0.3 is 9.47 Å². The Labute approximate surface area is 158 Å². The van der Waals surface area contributed by atoms with Crippen LogP contribution in [0.25, 0.3) is 11.0 Å². The van der Waals surface area contributed by atoms with Crippen molar-refractivity contribution in [2.45, 2.75) is 38.6 Å². The lowest BCUT2D eigenvalue weighted by atomic mass is 10.1. The summed E-state index contributed by atoms with van der Waals surface area (Å²) in [5, 5.41) is 0.612. The van der Waals surface area contributed by atoms with Crippen LogP contribution in [0.4, 0.5) is 5.69 Å². The number of para-hydroxylation sites is 3. The Kier molecular flexibility index (Phi) is 4.68. The predicted molar refractivity (Wildman–Crippen MR) is 106 cm³/mol. The van der Waals surface area contributed by atoms with Crippen molar-refractivity contribution < 1.29 is 4.79 Å². The second-order valence-corrected chi connectivity index (χ2v) is 7.23. The van der Waals surface area contributed by atoms with Crippen LogP contribution in [0.2, 0.25) is 5.02 Å². The van der Waals surface area contributed by atoms with E-state index in [1.165, 1.54) is 0 Å². The van der Waals surface area contributed by atoms with Crippen molar-refractivity contribution in [3.63, 3.8) is 0 Å². The van der Waals surface area contributed by atoms with Gasteiger partial charge in [0, 0.05) is 25.4 Å². The van der Waals surface area contributed by atoms with E-state index in [9.17, 15) is 4.79 Å². The summed E-state index contributed by atoms with van der Waals surface area (Å²) in [4.78, 5) is 19.4. The minimum absolute atomic E-state index is 0.0861. The fraction of sp³-hybridized carbons (Fsp3) is 0.333. The molecule has 3 aromatic rings. The van der Waals surface area contributed by atoms with Crippen molar-refractivity contribution >= 4 is 34.2 Å². The largest absolute Gasteiger partial charge is 0.328 e. The first kappa shape index (κ1) is 17.1. The lowest BCUT2D eigenvalue weighted by Gasteiger charge is -2.18. The lowest BCUT2D eigenvalue weighted by molar-refractivity contribution is -0.117. The molecule has 4 nitrogen and oxygen atoms in total. The topological polar surface area (TPSA) is 38.1 Å². The zero-order valence-corrected chi connectivity index (χ0v) is 15.6. The molecular weight excluding hydrogens is 346 g/mol. The molecule has 1 atom stereocenters. The summed E-state index contributed by atoms with van der Waals surface area (Å²) in [5.41, 5.74) is 2.94. The Balaban J connectivity index is 1.70. The number of amides is 1. The molecule has 0 bridgehead atoms. The molecule has 2 heterocycles. The van der Waals surface area contributed by atoms with E-state index in [0.717, 1.165) is 41.9 Å². The zero-order chi connectivity index (χ0) is 18.1. The van der Waals surface area contributed by atoms with E-state index in [2.05, 4.69) is 17.6 Å². The molecule has 26 heavy (non-hydrogen) atoms. The van der Waals surface area contributed by atoms with Crippen LogP contribution in [0, 0.1) is 0 Å². The summed E-state index contributed by atoms with van der Waals surface area (Å²) in [6.45, 7) is 3.75. The number of aromatic nitrogens is 2. The number of carbonyl (C=O) groups is 1. The number of aryl methyl sites for hydroxylation is 1. The standard InChI is InChI=1S/C21H22ClN3O/c1-2-3-12-24-19-11-7-5-9-17(19)23-21(24)15-13-20(26)25(14-15)18-10-6-4-8-16(18)22/h4-11,15H,2-3,12-14H2,1H3/t15-/m0/s1. The van der Waals surface area contributed by atoms with Crippen LogP contribution in [0.3, 0.4) is 0 Å². The number of imidazole rings is 1. The molecular formula is C21H22ClN3O. The molecule has 134 valence electrons. The molecule has 1 aliphatic heterocycles. The van der Waals surface area contributed by atoms with Gasteiger partial charge in [-0.1, -0.05) is 49.2 Å². The fourth-order valence-corrected chi connectivity index (χ4v) is 3.98. The number of carbonyl (C=O) groups excluding carboxylic acids is 1. The molecule has 1 aliphatic rings. The average Bonchev–Trinajstić information content (AvgIpc) is 3.21. The maximum Gasteiger partial charge on any atom is 0.227 e. The number of hydrogen-bond donors (Lipinski definition) is 0. The molecule has 0 spiro atoms. The van der Waals surface area contributed by atoms with Crippen molar-refractivity contribution in [3.8, 4) is 0 Å². The van der Waals surface area contributed by atoms with Gasteiger partial charge in [0.25, 0.3) is 0 Å². The van der Waals surface area contributed by atoms with E-state index in [4.69, 9.17) is 16.6 Å². The first-order valence-corrected chi connectivity index (χ1v) is 9.57. The second kappa shape index (κ2) is 7.12. The number of halogens is 1. The highest BCUT2D eigenvalue weighted by Gasteiger charge is 2.35. The Morgan fingerprint density at radius 3 is 2.73 bits per heavy atom. The quantitative estimate of drug-likeness (QED) is 0.635. The van der Waals surface area contributed by atoms with Crippen LogP contribution >= 0.6 is 11.6 Å². The number of nitrogens with zero attached hydrogens (tertiary/aromatic N) is 3. The Bertz CT molecular complexity index is 949. The summed E-state index contributed by atoms with van der Waals surface area (Å²) < 4.78 is 2.30.